The van der Waals surface area contributed by atoms with Crippen molar-refractivity contribution in [3.63, 3.8) is 0 Å². The third-order valence-electron chi connectivity index (χ3n) is 3.43. The van der Waals surface area contributed by atoms with Gasteiger partial charge in [-0.1, -0.05) is 0 Å². The second-order valence-electron chi connectivity index (χ2n) is 5.05. The Kier molecular flexibility index (Phi) is 3.07. The summed E-state index contributed by atoms with van der Waals surface area (Å²) in [5.74, 6) is 1.31. The largest absolute Gasteiger partial charge is 0.486 e. The molecule has 1 amide bonds. The van der Waals surface area contributed by atoms with Crippen molar-refractivity contribution in [2.45, 2.75) is 6.92 Å². The number of carbonyl (C=O) groups excluding carboxylic acids is 1. The van der Waals surface area contributed by atoms with Crippen LogP contribution in [0.1, 0.15) is 16.3 Å². The van der Waals surface area contributed by atoms with Crippen molar-refractivity contribution in [1.29, 1.82) is 0 Å². The minimum atomic E-state index is -0.411. The topological polar surface area (TPSA) is 90.6 Å². The number of fused-ring (bicyclic) bond motifs is 2. The van der Waals surface area contributed by atoms with Gasteiger partial charge in [0.15, 0.2) is 11.5 Å². The van der Waals surface area contributed by atoms with Crippen molar-refractivity contribution < 1.29 is 14.3 Å². The van der Waals surface area contributed by atoms with Crippen molar-refractivity contribution in [3.05, 3.63) is 42.0 Å². The monoisotopic (exact) mass is 311 g/mol. The number of ether oxygens (including phenoxy) is 2. The van der Waals surface area contributed by atoms with Crippen LogP contribution in [0.5, 0.6) is 11.5 Å². The lowest BCUT2D eigenvalue weighted by Crippen LogP contribution is -2.17. The number of benzene rings is 1. The lowest BCUT2D eigenvalue weighted by Gasteiger charge is -2.18. The molecule has 1 aliphatic heterocycles. The molecule has 2 aromatic heterocycles. The SMILES string of the molecule is Cc1ccnc2nc(C(=O)Nc3ccc4c(c3)OCCO4)nn12. The summed E-state index contributed by atoms with van der Waals surface area (Å²) in [6.45, 7) is 2.88. The second-order valence-corrected chi connectivity index (χ2v) is 5.05. The molecule has 4 rings (SSSR count). The maximum atomic E-state index is 12.3. The summed E-state index contributed by atoms with van der Waals surface area (Å²) in [6.07, 6.45) is 1.63. The van der Waals surface area contributed by atoms with Crippen molar-refractivity contribution in [2.24, 2.45) is 0 Å². The highest BCUT2D eigenvalue weighted by Gasteiger charge is 2.17. The molecule has 3 heterocycles. The third-order valence-corrected chi connectivity index (χ3v) is 3.43. The van der Waals surface area contributed by atoms with Crippen molar-refractivity contribution in [2.75, 3.05) is 18.5 Å². The zero-order chi connectivity index (χ0) is 15.8. The van der Waals surface area contributed by atoms with E-state index in [2.05, 4.69) is 20.4 Å². The molecule has 0 aliphatic carbocycles. The highest BCUT2D eigenvalue weighted by molar-refractivity contribution is 6.01. The van der Waals surface area contributed by atoms with E-state index in [1.807, 2.05) is 6.92 Å². The van der Waals surface area contributed by atoms with Crippen LogP contribution in [0.2, 0.25) is 0 Å². The van der Waals surface area contributed by atoms with Gasteiger partial charge < -0.3 is 14.8 Å². The molecule has 0 radical (unpaired) electrons. The van der Waals surface area contributed by atoms with E-state index in [0.29, 0.717) is 36.2 Å². The van der Waals surface area contributed by atoms with Crippen LogP contribution in [0, 0.1) is 6.92 Å². The first kappa shape index (κ1) is 13.5. The first-order valence-corrected chi connectivity index (χ1v) is 7.10. The number of nitrogens with zero attached hydrogens (tertiary/aromatic N) is 4. The van der Waals surface area contributed by atoms with Gasteiger partial charge in [-0.25, -0.2) is 9.50 Å². The number of aromatic nitrogens is 4. The van der Waals surface area contributed by atoms with Crippen LogP contribution < -0.4 is 14.8 Å². The zero-order valence-electron chi connectivity index (χ0n) is 12.3. The van der Waals surface area contributed by atoms with Crippen LogP contribution in [0.15, 0.2) is 30.5 Å². The fraction of sp³-hybridized carbons (Fsp3) is 0.200. The molecule has 8 heteroatoms. The highest BCUT2D eigenvalue weighted by atomic mass is 16.6. The van der Waals surface area contributed by atoms with E-state index >= 15 is 0 Å². The molecule has 0 saturated carbocycles. The minimum Gasteiger partial charge on any atom is -0.486 e. The van der Waals surface area contributed by atoms with Crippen LogP contribution in [0.4, 0.5) is 5.69 Å². The highest BCUT2D eigenvalue weighted by Crippen LogP contribution is 2.32. The first-order valence-electron chi connectivity index (χ1n) is 7.10. The summed E-state index contributed by atoms with van der Waals surface area (Å²) < 4.78 is 12.5. The van der Waals surface area contributed by atoms with E-state index in [4.69, 9.17) is 9.47 Å². The molecule has 0 atom stereocenters. The first-order chi connectivity index (χ1) is 11.2. The molecule has 0 saturated heterocycles. The molecule has 0 bridgehead atoms. The number of carbonyl (C=O) groups is 1. The van der Waals surface area contributed by atoms with E-state index in [-0.39, 0.29) is 5.82 Å². The van der Waals surface area contributed by atoms with Gasteiger partial charge in [0, 0.05) is 23.6 Å². The molecule has 0 spiro atoms. The van der Waals surface area contributed by atoms with Crippen LogP contribution in [0.3, 0.4) is 0 Å². The van der Waals surface area contributed by atoms with Gasteiger partial charge in [-0.2, -0.15) is 4.98 Å². The van der Waals surface area contributed by atoms with Crippen LogP contribution in [-0.2, 0) is 0 Å². The molecule has 1 N–H and O–H groups in total. The molecule has 3 aromatic rings. The van der Waals surface area contributed by atoms with Gasteiger partial charge in [-0.15, -0.1) is 5.10 Å². The summed E-state index contributed by atoms with van der Waals surface area (Å²) in [5, 5.41) is 6.92. The number of hydrogen-bond acceptors (Lipinski definition) is 6. The van der Waals surface area contributed by atoms with E-state index in [0.717, 1.165) is 5.69 Å². The Morgan fingerprint density at radius 1 is 1.22 bits per heavy atom. The van der Waals surface area contributed by atoms with Gasteiger partial charge in [-0.05, 0) is 25.1 Å². The van der Waals surface area contributed by atoms with Gasteiger partial charge in [0.05, 0.1) is 0 Å². The van der Waals surface area contributed by atoms with Crippen LogP contribution in [-0.4, -0.2) is 38.7 Å². The van der Waals surface area contributed by atoms with Gasteiger partial charge in [-0.3, -0.25) is 4.79 Å². The predicted molar refractivity (Wildman–Crippen MR) is 80.9 cm³/mol. The predicted octanol–water partition coefficient (Wildman–Crippen LogP) is 1.46. The van der Waals surface area contributed by atoms with Crippen LogP contribution in [0.25, 0.3) is 5.78 Å². The normalized spacial score (nSPS) is 13.1. The zero-order valence-corrected chi connectivity index (χ0v) is 12.3. The number of nitrogens with one attached hydrogen (secondary N) is 1. The molecular weight excluding hydrogens is 298 g/mol. The van der Waals surface area contributed by atoms with Crippen molar-refractivity contribution >= 4 is 17.4 Å². The summed E-state index contributed by atoms with van der Waals surface area (Å²) in [4.78, 5) is 20.5. The van der Waals surface area contributed by atoms with E-state index in [9.17, 15) is 4.79 Å². The number of anilines is 1. The second kappa shape index (κ2) is 5.24. The molecule has 8 nitrogen and oxygen atoms in total. The molecule has 116 valence electrons. The molecule has 0 unspecified atom stereocenters. The van der Waals surface area contributed by atoms with Crippen LogP contribution >= 0.6 is 0 Å². The number of amides is 1. The van der Waals surface area contributed by atoms with E-state index < -0.39 is 5.91 Å². The van der Waals surface area contributed by atoms with Crippen molar-refractivity contribution in [1.82, 2.24) is 19.6 Å². The summed E-state index contributed by atoms with van der Waals surface area (Å²) in [7, 11) is 0. The molecule has 1 aliphatic rings. The van der Waals surface area contributed by atoms with Crippen molar-refractivity contribution in [3.8, 4) is 11.5 Å². The molecule has 1 aromatic carbocycles. The smallest absolute Gasteiger partial charge is 0.295 e. The Balaban J connectivity index is 1.60. The fourth-order valence-corrected chi connectivity index (χ4v) is 2.31. The van der Waals surface area contributed by atoms with E-state index in [1.54, 1.807) is 30.5 Å². The maximum Gasteiger partial charge on any atom is 0.295 e. The average molecular weight is 311 g/mol. The standard InChI is InChI=1S/C15H13N5O3/c1-9-4-5-16-15-18-13(19-20(9)15)14(21)17-10-2-3-11-12(8-10)23-7-6-22-11/h2-5,8H,6-7H2,1H3,(H,17,21). The Bertz CT molecular complexity index is 905. The Hall–Kier alpha value is -3.16. The number of hydrogen-bond donors (Lipinski definition) is 1. The lowest BCUT2D eigenvalue weighted by molar-refractivity contribution is 0.101. The molecular formula is C15H13N5O3. The van der Waals surface area contributed by atoms with Gasteiger partial charge in [0.1, 0.15) is 13.2 Å². The maximum absolute atomic E-state index is 12.3. The fourth-order valence-electron chi connectivity index (χ4n) is 2.31. The van der Waals surface area contributed by atoms with Gasteiger partial charge in [0.2, 0.25) is 5.82 Å². The lowest BCUT2D eigenvalue weighted by atomic mass is 10.2. The third kappa shape index (κ3) is 2.44. The van der Waals surface area contributed by atoms with E-state index in [1.165, 1.54) is 4.52 Å². The van der Waals surface area contributed by atoms with Gasteiger partial charge >= 0.3 is 0 Å². The average Bonchev–Trinajstić information content (AvgIpc) is 3.01. The Labute approximate surface area is 131 Å². The Morgan fingerprint density at radius 3 is 2.87 bits per heavy atom. The minimum absolute atomic E-state index is 0.0571. The summed E-state index contributed by atoms with van der Waals surface area (Å²) in [6, 6.07) is 7.01. The summed E-state index contributed by atoms with van der Waals surface area (Å²) in [5.41, 5.74) is 1.43. The number of aryl methyl sites for hydroxylation is 1. The molecule has 0 fully saturated rings. The number of rotatable bonds is 2. The quantitative estimate of drug-likeness (QED) is 0.770. The molecule has 23 heavy (non-hydrogen) atoms. The Morgan fingerprint density at radius 2 is 2.04 bits per heavy atom. The van der Waals surface area contributed by atoms with Gasteiger partial charge in [0.25, 0.3) is 11.7 Å². The summed E-state index contributed by atoms with van der Waals surface area (Å²) >= 11 is 0.